The zero-order chi connectivity index (χ0) is 28.3. The average molecular weight is 547 g/mol. The Bertz CT molecular complexity index is 1210. The second-order valence-electron chi connectivity index (χ2n) is 12.2. The van der Waals surface area contributed by atoms with E-state index in [-0.39, 0.29) is 29.9 Å². The van der Waals surface area contributed by atoms with Gasteiger partial charge in [-0.05, 0) is 70.2 Å². The van der Waals surface area contributed by atoms with Gasteiger partial charge in [0, 0.05) is 44.3 Å². The number of amides is 3. The van der Waals surface area contributed by atoms with Gasteiger partial charge in [-0.25, -0.2) is 4.79 Å². The smallest absolute Gasteiger partial charge is 0.410 e. The molecule has 2 aromatic carbocycles. The van der Waals surface area contributed by atoms with E-state index in [9.17, 15) is 14.4 Å². The molecule has 5 rings (SSSR count). The van der Waals surface area contributed by atoms with Crippen LogP contribution in [0.2, 0.25) is 0 Å². The SMILES string of the molecule is CC(C)(C)OC(=O)N1CCN(C(=O)c2ccc(NC(=O)C3CC3)cc2N2CCCCCC2)C(c2ccccc2)C1. The maximum Gasteiger partial charge on any atom is 0.410 e. The first-order valence-corrected chi connectivity index (χ1v) is 14.7. The topological polar surface area (TPSA) is 82.2 Å². The number of rotatable bonds is 5. The number of carbonyl (C=O) groups is 3. The molecule has 0 spiro atoms. The fourth-order valence-electron chi connectivity index (χ4n) is 5.59. The molecule has 8 heteroatoms. The zero-order valence-corrected chi connectivity index (χ0v) is 24.0. The molecular weight excluding hydrogens is 504 g/mol. The number of carbonyl (C=O) groups excluding carboxylic acids is 3. The molecule has 3 aliphatic rings. The molecule has 8 nitrogen and oxygen atoms in total. The van der Waals surface area contributed by atoms with Gasteiger partial charge in [0.2, 0.25) is 5.91 Å². The van der Waals surface area contributed by atoms with E-state index in [0.29, 0.717) is 25.2 Å². The van der Waals surface area contributed by atoms with Crippen molar-refractivity contribution < 1.29 is 19.1 Å². The average Bonchev–Trinajstić information content (AvgIpc) is 3.80. The number of nitrogens with one attached hydrogen (secondary N) is 1. The second-order valence-corrected chi connectivity index (χ2v) is 12.2. The molecule has 0 bridgehead atoms. The first-order chi connectivity index (χ1) is 19.2. The normalized spacial score (nSPS) is 20.1. The van der Waals surface area contributed by atoms with E-state index in [1.807, 2.05) is 74.2 Å². The molecule has 1 atom stereocenters. The molecule has 1 N–H and O–H groups in total. The highest BCUT2D eigenvalue weighted by molar-refractivity contribution is 6.02. The zero-order valence-electron chi connectivity index (χ0n) is 24.0. The summed E-state index contributed by atoms with van der Waals surface area (Å²) in [6, 6.07) is 15.3. The predicted octanol–water partition coefficient (Wildman–Crippen LogP) is 5.85. The van der Waals surface area contributed by atoms with Crippen LogP contribution in [0.1, 0.15) is 81.3 Å². The molecule has 3 fully saturated rings. The summed E-state index contributed by atoms with van der Waals surface area (Å²) >= 11 is 0. The van der Waals surface area contributed by atoms with Crippen LogP contribution in [0.15, 0.2) is 48.5 Å². The minimum absolute atomic E-state index is 0.0583. The Kier molecular flexibility index (Phi) is 8.33. The van der Waals surface area contributed by atoms with Gasteiger partial charge in [-0.1, -0.05) is 43.2 Å². The van der Waals surface area contributed by atoms with Crippen molar-refractivity contribution >= 4 is 29.3 Å². The number of piperazine rings is 1. The van der Waals surface area contributed by atoms with Crippen LogP contribution in [0, 0.1) is 5.92 Å². The molecule has 1 aliphatic carbocycles. The van der Waals surface area contributed by atoms with Crippen molar-refractivity contribution in [2.75, 3.05) is 42.9 Å². The lowest BCUT2D eigenvalue weighted by molar-refractivity contribution is -0.117. The summed E-state index contributed by atoms with van der Waals surface area (Å²) < 4.78 is 5.66. The third-order valence-electron chi connectivity index (χ3n) is 7.87. The van der Waals surface area contributed by atoms with E-state index in [4.69, 9.17) is 4.74 Å². The van der Waals surface area contributed by atoms with Crippen molar-refractivity contribution in [1.29, 1.82) is 0 Å². The second kappa shape index (κ2) is 11.9. The molecule has 2 heterocycles. The van der Waals surface area contributed by atoms with Crippen LogP contribution in [0.25, 0.3) is 0 Å². The number of anilines is 2. The van der Waals surface area contributed by atoms with E-state index in [0.717, 1.165) is 55.7 Å². The molecule has 0 aromatic heterocycles. The predicted molar refractivity (Wildman–Crippen MR) is 157 cm³/mol. The Labute approximate surface area is 237 Å². The number of ether oxygens (including phenoxy) is 1. The number of hydrogen-bond acceptors (Lipinski definition) is 5. The fraction of sp³-hybridized carbons (Fsp3) is 0.531. The van der Waals surface area contributed by atoms with Gasteiger partial charge in [0.25, 0.3) is 5.91 Å². The van der Waals surface area contributed by atoms with Crippen LogP contribution >= 0.6 is 0 Å². The van der Waals surface area contributed by atoms with Crippen LogP contribution in [0.4, 0.5) is 16.2 Å². The standard InChI is InChI=1S/C32H42N4O4/c1-32(2,3)40-31(39)35-19-20-36(28(22-35)23-11-7-6-8-12-23)30(38)26-16-15-25(33-29(37)24-13-14-24)21-27(26)34-17-9-4-5-10-18-34/h6-8,11-12,15-16,21,24,28H,4-5,9-10,13-14,17-20,22H2,1-3H3,(H,33,37). The molecule has 2 saturated heterocycles. The minimum atomic E-state index is -0.592. The van der Waals surface area contributed by atoms with Crippen LogP contribution in [0.5, 0.6) is 0 Å². The van der Waals surface area contributed by atoms with Gasteiger partial charge < -0.3 is 24.8 Å². The Hall–Kier alpha value is -3.55. The Morgan fingerprint density at radius 1 is 0.875 bits per heavy atom. The molecule has 0 radical (unpaired) electrons. The number of benzene rings is 2. The van der Waals surface area contributed by atoms with Crippen LogP contribution in [-0.4, -0.2) is 66.0 Å². The first-order valence-electron chi connectivity index (χ1n) is 14.7. The van der Waals surface area contributed by atoms with E-state index in [1.54, 1.807) is 4.90 Å². The molecule has 214 valence electrons. The van der Waals surface area contributed by atoms with Crippen molar-refractivity contribution in [2.45, 2.75) is 70.9 Å². The molecule has 1 unspecified atom stereocenters. The van der Waals surface area contributed by atoms with Crippen molar-refractivity contribution in [1.82, 2.24) is 9.80 Å². The van der Waals surface area contributed by atoms with Gasteiger partial charge in [-0.2, -0.15) is 0 Å². The Morgan fingerprint density at radius 3 is 2.23 bits per heavy atom. The molecule has 2 aromatic rings. The molecule has 40 heavy (non-hydrogen) atoms. The molecule has 1 saturated carbocycles. The monoisotopic (exact) mass is 546 g/mol. The van der Waals surface area contributed by atoms with Crippen LogP contribution < -0.4 is 10.2 Å². The number of nitrogens with zero attached hydrogens (tertiary/aromatic N) is 3. The van der Waals surface area contributed by atoms with Gasteiger partial charge in [-0.3, -0.25) is 9.59 Å². The minimum Gasteiger partial charge on any atom is -0.444 e. The Balaban J connectivity index is 1.45. The van der Waals surface area contributed by atoms with Crippen molar-refractivity contribution in [3.8, 4) is 0 Å². The highest BCUT2D eigenvalue weighted by Gasteiger charge is 2.37. The van der Waals surface area contributed by atoms with Crippen molar-refractivity contribution in [3.63, 3.8) is 0 Å². The summed E-state index contributed by atoms with van der Waals surface area (Å²) in [4.78, 5) is 45.8. The molecule has 3 amide bonds. The summed E-state index contributed by atoms with van der Waals surface area (Å²) in [5, 5.41) is 3.07. The Morgan fingerprint density at radius 2 is 1.57 bits per heavy atom. The molecule has 2 aliphatic heterocycles. The summed E-state index contributed by atoms with van der Waals surface area (Å²) in [7, 11) is 0. The highest BCUT2D eigenvalue weighted by atomic mass is 16.6. The quantitative estimate of drug-likeness (QED) is 0.509. The van der Waals surface area contributed by atoms with E-state index in [2.05, 4.69) is 10.2 Å². The van der Waals surface area contributed by atoms with Gasteiger partial charge in [-0.15, -0.1) is 0 Å². The third kappa shape index (κ3) is 6.77. The summed E-state index contributed by atoms with van der Waals surface area (Å²) in [5.41, 5.74) is 2.64. The fourth-order valence-corrected chi connectivity index (χ4v) is 5.59. The largest absolute Gasteiger partial charge is 0.444 e. The summed E-state index contributed by atoms with van der Waals surface area (Å²) in [5.74, 6) is 0.108. The third-order valence-corrected chi connectivity index (χ3v) is 7.87. The lowest BCUT2D eigenvalue weighted by atomic mass is 10.00. The van der Waals surface area contributed by atoms with Crippen LogP contribution in [-0.2, 0) is 9.53 Å². The van der Waals surface area contributed by atoms with Crippen LogP contribution in [0.3, 0.4) is 0 Å². The summed E-state index contributed by atoms with van der Waals surface area (Å²) in [6.45, 7) is 8.51. The first kappa shape index (κ1) is 28.0. The lowest BCUT2D eigenvalue weighted by Gasteiger charge is -2.42. The maximum absolute atomic E-state index is 14.4. The van der Waals surface area contributed by atoms with Gasteiger partial charge in [0.15, 0.2) is 0 Å². The highest BCUT2D eigenvalue weighted by Crippen LogP contribution is 2.35. The van der Waals surface area contributed by atoms with E-state index >= 15 is 0 Å². The van der Waals surface area contributed by atoms with E-state index < -0.39 is 5.60 Å². The van der Waals surface area contributed by atoms with Crippen molar-refractivity contribution in [3.05, 3.63) is 59.7 Å². The molecular formula is C32H42N4O4. The van der Waals surface area contributed by atoms with Gasteiger partial charge in [0.1, 0.15) is 5.60 Å². The van der Waals surface area contributed by atoms with E-state index in [1.165, 1.54) is 12.8 Å². The number of hydrogen-bond donors (Lipinski definition) is 1. The maximum atomic E-state index is 14.4. The van der Waals surface area contributed by atoms with Gasteiger partial charge >= 0.3 is 6.09 Å². The van der Waals surface area contributed by atoms with Crippen molar-refractivity contribution in [2.24, 2.45) is 5.92 Å². The van der Waals surface area contributed by atoms with Gasteiger partial charge in [0.05, 0.1) is 17.3 Å². The summed E-state index contributed by atoms with van der Waals surface area (Å²) in [6.07, 6.45) is 6.04. The lowest BCUT2D eigenvalue weighted by Crippen LogP contribution is -2.53.